The average Bonchev–Trinajstić information content (AvgIpc) is 2.49. The Balaban J connectivity index is 0. The maximum Gasteiger partial charge on any atom is 3.00 e. The van der Waals surface area contributed by atoms with Gasteiger partial charge in [-0.3, -0.25) is 30.2 Å². The Morgan fingerprint density at radius 1 is 0.667 bits per heavy atom. The third-order valence-corrected chi connectivity index (χ3v) is 5.25. The van der Waals surface area contributed by atoms with Crippen LogP contribution >= 0.6 is 0 Å². The first kappa shape index (κ1) is 34.1. The SMILES string of the molecule is O=S(=O)([O-])[O-].O=S(=O)([O-])[O-].O=S(=O)([O-])[O-].[B+3].[B+3].c1ccc(C23CC4CC(CC(C4)C2)C3)nc1. The molecule has 33 heavy (non-hydrogen) atoms. The standard InChI is InChI=1S/C15H19N.2B.3H2O4S/c1-2-4-16-14(3-1)15-8-11-5-12(9-15)7-13(6-11)10-15;;;3*1-5(2,3)4/h1-4,11-13H,5-10H2;;;3*(H2,1,2,3,4)/q;2*+3;;;/p-6. The molecule has 0 amide bonds. The molecular weight excluding hydrogens is 504 g/mol. The fourth-order valence-electron chi connectivity index (χ4n) is 5.10. The fourth-order valence-corrected chi connectivity index (χ4v) is 5.10. The predicted molar refractivity (Wildman–Crippen MR) is 107 cm³/mol. The minimum Gasteiger partial charge on any atom is -0.759 e. The van der Waals surface area contributed by atoms with Gasteiger partial charge in [0.15, 0.2) is 0 Å². The van der Waals surface area contributed by atoms with Crippen molar-refractivity contribution in [1.82, 2.24) is 4.98 Å². The van der Waals surface area contributed by atoms with Crippen molar-refractivity contribution in [2.75, 3.05) is 0 Å². The third kappa shape index (κ3) is 16.2. The number of nitrogens with zero attached hydrogens (tertiary/aromatic N) is 1. The van der Waals surface area contributed by atoms with Gasteiger partial charge in [-0.25, -0.2) is 0 Å². The summed E-state index contributed by atoms with van der Waals surface area (Å²) in [5, 5.41) is 0. The molecule has 0 aromatic carbocycles. The normalized spacial score (nSPS) is 27.0. The molecule has 0 spiro atoms. The maximum atomic E-state index is 8.52. The van der Waals surface area contributed by atoms with Crippen LogP contribution in [0.5, 0.6) is 0 Å². The minimum absolute atomic E-state index is 0. The molecule has 0 radical (unpaired) electrons. The summed E-state index contributed by atoms with van der Waals surface area (Å²) in [6, 6.07) is 6.48. The van der Waals surface area contributed by atoms with Crippen LogP contribution in [-0.2, 0) is 36.6 Å². The molecule has 13 nitrogen and oxygen atoms in total. The van der Waals surface area contributed by atoms with E-state index >= 15 is 0 Å². The van der Waals surface area contributed by atoms with E-state index in [1.165, 1.54) is 44.2 Å². The molecule has 4 aliphatic carbocycles. The zero-order valence-corrected chi connectivity index (χ0v) is 19.5. The first-order valence-electron chi connectivity index (χ1n) is 8.76. The quantitative estimate of drug-likeness (QED) is 0.238. The van der Waals surface area contributed by atoms with Crippen molar-refractivity contribution in [3.05, 3.63) is 30.1 Å². The van der Waals surface area contributed by atoms with E-state index in [2.05, 4.69) is 17.1 Å². The van der Waals surface area contributed by atoms with Crippen molar-refractivity contribution in [3.8, 4) is 0 Å². The Morgan fingerprint density at radius 3 is 1.21 bits per heavy atom. The first-order valence-corrected chi connectivity index (χ1v) is 12.8. The Bertz CT molecular complexity index is 903. The van der Waals surface area contributed by atoms with Gasteiger partial charge in [0, 0.05) is 48.5 Å². The first-order chi connectivity index (χ1) is 13.8. The smallest absolute Gasteiger partial charge is 0.759 e. The fraction of sp³-hybridized carbons (Fsp3) is 0.667. The van der Waals surface area contributed by atoms with Crippen molar-refractivity contribution in [1.29, 1.82) is 0 Å². The zero-order chi connectivity index (χ0) is 24.1. The van der Waals surface area contributed by atoms with Crippen LogP contribution in [0.15, 0.2) is 24.4 Å². The molecule has 18 heteroatoms. The number of pyridine rings is 1. The van der Waals surface area contributed by atoms with Crippen LogP contribution in [0.1, 0.15) is 44.2 Å². The van der Waals surface area contributed by atoms with Crippen LogP contribution in [-0.4, -0.2) is 74.4 Å². The van der Waals surface area contributed by atoms with Crippen molar-refractivity contribution in [2.45, 2.75) is 43.9 Å². The largest absolute Gasteiger partial charge is 3.00 e. The Labute approximate surface area is 197 Å². The van der Waals surface area contributed by atoms with Gasteiger partial charge in [0.1, 0.15) is 0 Å². The average molecular weight is 523 g/mol. The van der Waals surface area contributed by atoms with Gasteiger partial charge in [0.05, 0.1) is 0 Å². The summed E-state index contributed by atoms with van der Waals surface area (Å²) in [6.45, 7) is 0. The van der Waals surface area contributed by atoms with E-state index in [1.807, 2.05) is 12.3 Å². The predicted octanol–water partition coefficient (Wildman–Crippen LogP) is -1.23. The van der Waals surface area contributed by atoms with Crippen LogP contribution in [0.2, 0.25) is 0 Å². The van der Waals surface area contributed by atoms with Crippen molar-refractivity contribution in [2.24, 2.45) is 17.8 Å². The van der Waals surface area contributed by atoms with Crippen molar-refractivity contribution >= 4 is 48.0 Å². The molecule has 0 N–H and O–H groups in total. The van der Waals surface area contributed by atoms with Crippen LogP contribution in [0.4, 0.5) is 0 Å². The minimum atomic E-state index is -5.17. The third-order valence-electron chi connectivity index (χ3n) is 5.25. The molecule has 4 bridgehead atoms. The van der Waals surface area contributed by atoms with E-state index in [0.29, 0.717) is 5.41 Å². The molecule has 1 aromatic heterocycles. The molecule has 5 rings (SSSR count). The van der Waals surface area contributed by atoms with E-state index in [-0.39, 0.29) is 16.8 Å². The van der Waals surface area contributed by atoms with E-state index in [9.17, 15) is 0 Å². The summed E-state index contributed by atoms with van der Waals surface area (Å²) in [6.07, 6.45) is 10.8. The molecule has 0 atom stereocenters. The number of hydrogen-bond donors (Lipinski definition) is 0. The molecule has 4 aliphatic rings. The van der Waals surface area contributed by atoms with E-state index < -0.39 is 31.2 Å². The molecule has 0 aliphatic heterocycles. The molecule has 4 fully saturated rings. The zero-order valence-electron chi connectivity index (χ0n) is 17.0. The number of rotatable bonds is 1. The summed E-state index contributed by atoms with van der Waals surface area (Å²) in [5.41, 5.74) is 1.88. The number of aromatic nitrogens is 1. The second-order valence-corrected chi connectivity index (χ2v) is 10.1. The molecular formula is C15H19B2NO12S3. The second-order valence-electron chi connectivity index (χ2n) is 7.64. The Morgan fingerprint density at radius 2 is 0.970 bits per heavy atom. The van der Waals surface area contributed by atoms with E-state index in [4.69, 9.17) is 52.6 Å². The van der Waals surface area contributed by atoms with Crippen LogP contribution < -0.4 is 0 Å². The molecule has 4 saturated carbocycles. The van der Waals surface area contributed by atoms with Gasteiger partial charge in [0.2, 0.25) is 0 Å². The second kappa shape index (κ2) is 13.1. The van der Waals surface area contributed by atoms with Gasteiger partial charge >= 0.3 is 16.8 Å². The molecule has 0 unspecified atom stereocenters. The molecule has 180 valence electrons. The summed E-state index contributed by atoms with van der Waals surface area (Å²) in [4.78, 5) is 4.67. The van der Waals surface area contributed by atoms with Crippen LogP contribution in [0.3, 0.4) is 0 Å². The van der Waals surface area contributed by atoms with Gasteiger partial charge < -0.3 is 27.3 Å². The molecule has 1 aromatic rings. The summed E-state index contributed by atoms with van der Waals surface area (Å²) >= 11 is 0. The van der Waals surface area contributed by atoms with E-state index in [0.717, 1.165) is 17.8 Å². The van der Waals surface area contributed by atoms with Gasteiger partial charge in [-0.05, 0) is 68.4 Å². The van der Waals surface area contributed by atoms with Gasteiger partial charge in [-0.1, -0.05) is 6.07 Å². The summed E-state index contributed by atoms with van der Waals surface area (Å²) in [5.74, 6) is 3.06. The summed E-state index contributed by atoms with van der Waals surface area (Å²) < 4.78 is 102. The van der Waals surface area contributed by atoms with E-state index in [1.54, 1.807) is 0 Å². The Kier molecular flexibility index (Phi) is 13.5. The maximum absolute atomic E-state index is 8.52. The van der Waals surface area contributed by atoms with Crippen molar-refractivity contribution in [3.63, 3.8) is 0 Å². The topological polar surface area (TPSA) is 254 Å². The monoisotopic (exact) mass is 523 g/mol. The summed E-state index contributed by atoms with van der Waals surface area (Å²) in [7, 11) is -15.5. The van der Waals surface area contributed by atoms with Gasteiger partial charge in [-0.2, -0.15) is 0 Å². The molecule has 1 heterocycles. The Hall–Kier alpha value is -1.11. The molecule has 0 saturated heterocycles. The van der Waals surface area contributed by atoms with Crippen LogP contribution in [0.25, 0.3) is 0 Å². The van der Waals surface area contributed by atoms with Gasteiger partial charge in [-0.15, -0.1) is 0 Å². The van der Waals surface area contributed by atoms with Crippen molar-refractivity contribution < 1.29 is 52.6 Å². The number of hydrogen-bond acceptors (Lipinski definition) is 13. The van der Waals surface area contributed by atoms with Crippen LogP contribution in [0, 0.1) is 17.8 Å². The van der Waals surface area contributed by atoms with Gasteiger partial charge in [0.25, 0.3) is 0 Å².